The van der Waals surface area contributed by atoms with E-state index >= 15 is 0 Å². The van der Waals surface area contributed by atoms with Crippen molar-refractivity contribution in [2.24, 2.45) is 5.41 Å². The fourth-order valence-corrected chi connectivity index (χ4v) is 1.37. The van der Waals surface area contributed by atoms with Gasteiger partial charge in [-0.15, -0.1) is 0 Å². The summed E-state index contributed by atoms with van der Waals surface area (Å²) < 4.78 is 0. The van der Waals surface area contributed by atoms with Gasteiger partial charge in [-0.2, -0.15) is 4.98 Å². The van der Waals surface area contributed by atoms with Gasteiger partial charge in [0.1, 0.15) is 5.82 Å². The number of nitrogens with two attached hydrogens (primary N) is 1. The predicted molar refractivity (Wildman–Crippen MR) is 59.2 cm³/mol. The van der Waals surface area contributed by atoms with E-state index in [0.717, 1.165) is 12.4 Å². The Morgan fingerprint density at radius 3 is 2.57 bits per heavy atom. The Labute approximate surface area is 85.2 Å². The van der Waals surface area contributed by atoms with E-state index in [1.165, 1.54) is 0 Å². The first kappa shape index (κ1) is 10.8. The monoisotopic (exact) mass is 194 g/mol. The molecule has 0 spiro atoms. The molecule has 1 rings (SSSR count). The van der Waals surface area contributed by atoms with Gasteiger partial charge in [0.15, 0.2) is 0 Å². The van der Waals surface area contributed by atoms with Gasteiger partial charge < -0.3 is 10.6 Å². The summed E-state index contributed by atoms with van der Waals surface area (Å²) in [5.74, 6) is 1.19. The maximum Gasteiger partial charge on any atom is 0.221 e. The van der Waals surface area contributed by atoms with E-state index in [1.807, 2.05) is 13.1 Å². The van der Waals surface area contributed by atoms with Gasteiger partial charge in [-0.1, -0.05) is 20.8 Å². The maximum atomic E-state index is 5.51. The quantitative estimate of drug-likeness (QED) is 0.776. The molecule has 14 heavy (non-hydrogen) atoms. The second-order valence-corrected chi connectivity index (χ2v) is 4.69. The van der Waals surface area contributed by atoms with E-state index in [9.17, 15) is 0 Å². The van der Waals surface area contributed by atoms with Crippen molar-refractivity contribution < 1.29 is 0 Å². The summed E-state index contributed by atoms with van der Waals surface area (Å²) in [5.41, 5.74) is 5.76. The molecule has 0 saturated carbocycles. The maximum absolute atomic E-state index is 5.51. The van der Waals surface area contributed by atoms with Crippen LogP contribution in [0.2, 0.25) is 0 Å². The highest BCUT2D eigenvalue weighted by Gasteiger charge is 2.14. The average molecular weight is 194 g/mol. The summed E-state index contributed by atoms with van der Waals surface area (Å²) >= 11 is 0. The van der Waals surface area contributed by atoms with Crippen molar-refractivity contribution in [2.75, 3.05) is 24.2 Å². The molecule has 0 amide bonds. The average Bonchev–Trinajstić information content (AvgIpc) is 2.01. The van der Waals surface area contributed by atoms with Gasteiger partial charge in [-0.3, -0.25) is 0 Å². The van der Waals surface area contributed by atoms with Crippen molar-refractivity contribution >= 4 is 11.8 Å². The SMILES string of the molecule is CN(CC(C)(C)C)c1ccnc(N)n1. The number of rotatable bonds is 2. The van der Waals surface area contributed by atoms with Gasteiger partial charge in [0, 0.05) is 19.8 Å². The number of hydrogen-bond donors (Lipinski definition) is 1. The van der Waals surface area contributed by atoms with Gasteiger partial charge in [-0.05, 0) is 11.5 Å². The van der Waals surface area contributed by atoms with E-state index < -0.39 is 0 Å². The fourth-order valence-electron chi connectivity index (χ4n) is 1.37. The van der Waals surface area contributed by atoms with Crippen LogP contribution in [0.15, 0.2) is 12.3 Å². The Kier molecular flexibility index (Phi) is 2.93. The van der Waals surface area contributed by atoms with Crippen molar-refractivity contribution in [3.63, 3.8) is 0 Å². The number of nitrogen functional groups attached to an aromatic ring is 1. The molecule has 1 aromatic rings. The predicted octanol–water partition coefficient (Wildman–Crippen LogP) is 1.54. The standard InChI is InChI=1S/C10H18N4/c1-10(2,3)7-14(4)8-5-6-12-9(11)13-8/h5-6H,7H2,1-4H3,(H2,11,12,13). The summed E-state index contributed by atoms with van der Waals surface area (Å²) in [6, 6.07) is 1.86. The number of hydrogen-bond acceptors (Lipinski definition) is 4. The molecular weight excluding hydrogens is 176 g/mol. The summed E-state index contributed by atoms with van der Waals surface area (Å²) in [5, 5.41) is 0. The summed E-state index contributed by atoms with van der Waals surface area (Å²) in [7, 11) is 2.01. The van der Waals surface area contributed by atoms with E-state index in [1.54, 1.807) is 6.20 Å². The topological polar surface area (TPSA) is 55.0 Å². The molecule has 4 heteroatoms. The molecule has 0 aromatic carbocycles. The Morgan fingerprint density at radius 2 is 2.07 bits per heavy atom. The van der Waals surface area contributed by atoms with E-state index in [-0.39, 0.29) is 5.41 Å². The highest BCUT2D eigenvalue weighted by molar-refractivity contribution is 5.40. The molecule has 0 saturated heterocycles. The van der Waals surface area contributed by atoms with Gasteiger partial charge in [0.05, 0.1) is 0 Å². The molecule has 0 atom stereocenters. The minimum absolute atomic E-state index is 0.245. The normalized spacial score (nSPS) is 11.4. The molecule has 4 nitrogen and oxygen atoms in total. The van der Waals surface area contributed by atoms with Crippen molar-refractivity contribution in [3.05, 3.63) is 12.3 Å². The molecule has 1 heterocycles. The van der Waals surface area contributed by atoms with Crippen LogP contribution < -0.4 is 10.6 Å². The largest absolute Gasteiger partial charge is 0.368 e. The third-order valence-electron chi connectivity index (χ3n) is 1.76. The smallest absolute Gasteiger partial charge is 0.221 e. The molecule has 0 aliphatic heterocycles. The zero-order valence-electron chi connectivity index (χ0n) is 9.28. The first-order valence-corrected chi connectivity index (χ1v) is 4.68. The second-order valence-electron chi connectivity index (χ2n) is 4.69. The minimum Gasteiger partial charge on any atom is -0.368 e. The van der Waals surface area contributed by atoms with Crippen LogP contribution in [0.4, 0.5) is 11.8 Å². The second kappa shape index (κ2) is 3.82. The highest BCUT2D eigenvalue weighted by atomic mass is 15.2. The number of nitrogens with zero attached hydrogens (tertiary/aromatic N) is 3. The van der Waals surface area contributed by atoms with Crippen LogP contribution in [0, 0.1) is 5.41 Å². The fraction of sp³-hybridized carbons (Fsp3) is 0.600. The zero-order valence-corrected chi connectivity index (χ0v) is 9.28. The molecule has 0 aliphatic rings. The van der Waals surface area contributed by atoms with Crippen LogP contribution in [0.25, 0.3) is 0 Å². The Bertz CT molecular complexity index is 303. The molecule has 0 radical (unpaired) electrons. The van der Waals surface area contributed by atoms with Gasteiger partial charge in [0.2, 0.25) is 5.95 Å². The first-order valence-electron chi connectivity index (χ1n) is 4.68. The Balaban J connectivity index is 2.74. The van der Waals surface area contributed by atoms with Crippen LogP contribution in [0.1, 0.15) is 20.8 Å². The molecule has 0 unspecified atom stereocenters. The molecule has 0 fully saturated rings. The van der Waals surface area contributed by atoms with E-state index in [2.05, 4.69) is 35.6 Å². The third kappa shape index (κ3) is 3.20. The van der Waals surface area contributed by atoms with E-state index in [0.29, 0.717) is 5.95 Å². The molecule has 1 aromatic heterocycles. The van der Waals surface area contributed by atoms with Gasteiger partial charge in [0.25, 0.3) is 0 Å². The summed E-state index contributed by atoms with van der Waals surface area (Å²) in [4.78, 5) is 10.1. The Morgan fingerprint density at radius 1 is 1.43 bits per heavy atom. The zero-order chi connectivity index (χ0) is 10.8. The van der Waals surface area contributed by atoms with Crippen LogP contribution in [0.3, 0.4) is 0 Å². The van der Waals surface area contributed by atoms with Gasteiger partial charge >= 0.3 is 0 Å². The lowest BCUT2D eigenvalue weighted by Gasteiger charge is -2.27. The lowest BCUT2D eigenvalue weighted by atomic mass is 9.96. The van der Waals surface area contributed by atoms with E-state index in [4.69, 9.17) is 5.73 Å². The van der Waals surface area contributed by atoms with Crippen LogP contribution in [-0.2, 0) is 0 Å². The third-order valence-corrected chi connectivity index (χ3v) is 1.76. The number of aromatic nitrogens is 2. The number of anilines is 2. The Hall–Kier alpha value is -1.32. The van der Waals surface area contributed by atoms with Crippen molar-refractivity contribution in [1.29, 1.82) is 0 Å². The lowest BCUT2D eigenvalue weighted by molar-refractivity contribution is 0.418. The summed E-state index contributed by atoms with van der Waals surface area (Å²) in [6.07, 6.45) is 1.68. The summed E-state index contributed by atoms with van der Waals surface area (Å²) in [6.45, 7) is 7.50. The van der Waals surface area contributed by atoms with Crippen molar-refractivity contribution in [2.45, 2.75) is 20.8 Å². The molecule has 0 aliphatic carbocycles. The molecular formula is C10H18N4. The highest BCUT2D eigenvalue weighted by Crippen LogP contribution is 2.18. The molecule has 0 bridgehead atoms. The van der Waals surface area contributed by atoms with Crippen LogP contribution in [0.5, 0.6) is 0 Å². The van der Waals surface area contributed by atoms with Gasteiger partial charge in [-0.25, -0.2) is 4.98 Å². The molecule has 2 N–H and O–H groups in total. The first-order chi connectivity index (χ1) is 6.38. The van der Waals surface area contributed by atoms with Crippen LogP contribution in [-0.4, -0.2) is 23.6 Å². The van der Waals surface area contributed by atoms with Crippen molar-refractivity contribution in [3.8, 4) is 0 Å². The lowest BCUT2D eigenvalue weighted by Crippen LogP contribution is -2.29. The van der Waals surface area contributed by atoms with Crippen LogP contribution >= 0.6 is 0 Å². The molecule has 78 valence electrons. The minimum atomic E-state index is 0.245. The van der Waals surface area contributed by atoms with Crippen molar-refractivity contribution in [1.82, 2.24) is 9.97 Å².